The van der Waals surface area contributed by atoms with Crippen LogP contribution in [0.2, 0.25) is 0 Å². The lowest BCUT2D eigenvalue weighted by molar-refractivity contribution is -0.131. The zero-order valence-corrected chi connectivity index (χ0v) is 14.0. The van der Waals surface area contributed by atoms with E-state index in [1.165, 1.54) is 6.08 Å². The lowest BCUT2D eigenvalue weighted by Crippen LogP contribution is -1.90. The zero-order chi connectivity index (χ0) is 14.5. The molecule has 0 aromatic heterocycles. The van der Waals surface area contributed by atoms with Crippen LogP contribution in [-0.4, -0.2) is 11.1 Å². The fourth-order valence-electron chi connectivity index (χ4n) is 1.52. The Bertz CT molecular complexity index is 651. The van der Waals surface area contributed by atoms with E-state index in [4.69, 9.17) is 9.84 Å². The van der Waals surface area contributed by atoms with E-state index in [2.05, 4.69) is 38.5 Å². The van der Waals surface area contributed by atoms with Crippen LogP contribution in [-0.2, 0) is 4.79 Å². The van der Waals surface area contributed by atoms with Gasteiger partial charge in [-0.05, 0) is 65.1 Å². The first kappa shape index (κ1) is 15.1. The quantitative estimate of drug-likeness (QED) is 0.536. The van der Waals surface area contributed by atoms with E-state index < -0.39 is 5.97 Å². The number of benzene rings is 2. The number of hydrogen-bond donors (Lipinski definition) is 1. The molecule has 0 heterocycles. The van der Waals surface area contributed by atoms with Crippen LogP contribution >= 0.6 is 38.5 Å². The average molecular weight is 445 g/mol. The van der Waals surface area contributed by atoms with Gasteiger partial charge >= 0.3 is 5.97 Å². The van der Waals surface area contributed by atoms with Crippen molar-refractivity contribution in [2.24, 2.45) is 0 Å². The van der Waals surface area contributed by atoms with Crippen molar-refractivity contribution in [1.29, 1.82) is 0 Å². The Morgan fingerprint density at radius 2 is 1.90 bits per heavy atom. The average Bonchev–Trinajstić information content (AvgIpc) is 2.40. The molecule has 0 aliphatic carbocycles. The first-order chi connectivity index (χ1) is 9.54. The molecule has 5 heteroatoms. The third-order valence-electron chi connectivity index (χ3n) is 2.42. The van der Waals surface area contributed by atoms with Crippen LogP contribution in [0, 0.1) is 3.57 Å². The Labute approximate surface area is 138 Å². The molecule has 0 saturated carbocycles. The van der Waals surface area contributed by atoms with E-state index in [0.717, 1.165) is 14.1 Å². The van der Waals surface area contributed by atoms with Crippen LogP contribution in [0.1, 0.15) is 5.56 Å². The molecule has 0 saturated heterocycles. The van der Waals surface area contributed by atoms with E-state index in [1.807, 2.05) is 30.3 Å². The normalized spacial score (nSPS) is 10.7. The Morgan fingerprint density at radius 3 is 2.55 bits per heavy atom. The molecule has 1 N–H and O–H groups in total. The second-order valence-corrected chi connectivity index (χ2v) is 6.07. The number of carbonyl (C=O) groups is 1. The summed E-state index contributed by atoms with van der Waals surface area (Å²) in [6.45, 7) is 0. The summed E-state index contributed by atoms with van der Waals surface area (Å²) in [7, 11) is 0. The molecule has 2 aromatic carbocycles. The van der Waals surface area contributed by atoms with Crippen molar-refractivity contribution in [3.8, 4) is 11.5 Å². The van der Waals surface area contributed by atoms with Gasteiger partial charge in [0.15, 0.2) is 0 Å². The van der Waals surface area contributed by atoms with Crippen LogP contribution in [0.3, 0.4) is 0 Å². The highest BCUT2D eigenvalue weighted by Crippen LogP contribution is 2.29. The van der Waals surface area contributed by atoms with Crippen molar-refractivity contribution in [3.63, 3.8) is 0 Å². The minimum Gasteiger partial charge on any atom is -0.478 e. The largest absolute Gasteiger partial charge is 0.478 e. The van der Waals surface area contributed by atoms with Gasteiger partial charge < -0.3 is 9.84 Å². The second kappa shape index (κ2) is 6.90. The van der Waals surface area contributed by atoms with Crippen molar-refractivity contribution >= 4 is 50.6 Å². The highest BCUT2D eigenvalue weighted by atomic mass is 127. The minimum atomic E-state index is -0.992. The summed E-state index contributed by atoms with van der Waals surface area (Å²) in [6.07, 6.45) is 2.60. The van der Waals surface area contributed by atoms with Crippen molar-refractivity contribution in [3.05, 3.63) is 62.1 Å². The molecule has 0 amide bonds. The SMILES string of the molecule is O=C(O)/C=C/c1ccc(Br)cc1Oc1ccc(I)cc1. The molecule has 0 unspecified atom stereocenters. The smallest absolute Gasteiger partial charge is 0.328 e. The van der Waals surface area contributed by atoms with Gasteiger partial charge in [0.2, 0.25) is 0 Å². The van der Waals surface area contributed by atoms with E-state index >= 15 is 0 Å². The van der Waals surface area contributed by atoms with Gasteiger partial charge in [-0.3, -0.25) is 0 Å². The van der Waals surface area contributed by atoms with Crippen LogP contribution in [0.15, 0.2) is 53.0 Å². The number of ether oxygens (including phenoxy) is 1. The Hall–Kier alpha value is -1.34. The number of halogens is 2. The summed E-state index contributed by atoms with van der Waals surface area (Å²) in [4.78, 5) is 10.6. The summed E-state index contributed by atoms with van der Waals surface area (Å²) in [5, 5.41) is 8.70. The number of hydrogen-bond acceptors (Lipinski definition) is 2. The molecule has 0 atom stereocenters. The lowest BCUT2D eigenvalue weighted by atomic mass is 10.2. The van der Waals surface area contributed by atoms with Gasteiger partial charge in [0.05, 0.1) is 0 Å². The second-order valence-electron chi connectivity index (χ2n) is 3.91. The van der Waals surface area contributed by atoms with Gasteiger partial charge in [-0.25, -0.2) is 4.79 Å². The maximum Gasteiger partial charge on any atom is 0.328 e. The molecule has 0 aliphatic rings. The Balaban J connectivity index is 2.31. The highest BCUT2D eigenvalue weighted by Gasteiger charge is 2.04. The number of carboxylic acids is 1. The molecule has 20 heavy (non-hydrogen) atoms. The van der Waals surface area contributed by atoms with E-state index in [9.17, 15) is 4.79 Å². The molecule has 2 rings (SSSR count). The van der Waals surface area contributed by atoms with Crippen LogP contribution in [0.5, 0.6) is 11.5 Å². The van der Waals surface area contributed by atoms with Crippen molar-refractivity contribution < 1.29 is 14.6 Å². The molecule has 3 nitrogen and oxygen atoms in total. The van der Waals surface area contributed by atoms with Gasteiger partial charge in [-0.15, -0.1) is 0 Å². The standard InChI is InChI=1S/C15H10BrIO3/c16-11-3-1-10(2-8-15(18)19)14(9-11)20-13-6-4-12(17)5-7-13/h1-9H,(H,18,19)/b8-2+. The van der Waals surface area contributed by atoms with Gasteiger partial charge in [-0.2, -0.15) is 0 Å². The molecular weight excluding hydrogens is 435 g/mol. The van der Waals surface area contributed by atoms with E-state index in [0.29, 0.717) is 17.1 Å². The Kier molecular flexibility index (Phi) is 5.19. The summed E-state index contributed by atoms with van der Waals surface area (Å²) in [6, 6.07) is 13.1. The highest BCUT2D eigenvalue weighted by molar-refractivity contribution is 14.1. The molecule has 102 valence electrons. The van der Waals surface area contributed by atoms with Gasteiger partial charge in [0.1, 0.15) is 11.5 Å². The van der Waals surface area contributed by atoms with Crippen LogP contribution in [0.25, 0.3) is 6.08 Å². The van der Waals surface area contributed by atoms with Crippen molar-refractivity contribution in [2.45, 2.75) is 0 Å². The molecular formula is C15H10BrIO3. The molecule has 0 bridgehead atoms. The molecule has 2 aromatic rings. The minimum absolute atomic E-state index is 0.595. The van der Waals surface area contributed by atoms with Crippen molar-refractivity contribution in [1.82, 2.24) is 0 Å². The first-order valence-electron chi connectivity index (χ1n) is 5.68. The number of rotatable bonds is 4. The lowest BCUT2D eigenvalue weighted by Gasteiger charge is -2.09. The zero-order valence-electron chi connectivity index (χ0n) is 10.2. The summed E-state index contributed by atoms with van der Waals surface area (Å²) < 4.78 is 7.79. The maximum atomic E-state index is 10.6. The monoisotopic (exact) mass is 444 g/mol. The summed E-state index contributed by atoms with van der Waals surface area (Å²) in [5.74, 6) is 0.305. The maximum absolute atomic E-state index is 10.6. The topological polar surface area (TPSA) is 46.5 Å². The van der Waals surface area contributed by atoms with Gasteiger partial charge in [0.25, 0.3) is 0 Å². The Morgan fingerprint density at radius 1 is 1.20 bits per heavy atom. The number of carboxylic acid groups (broad SMARTS) is 1. The van der Waals surface area contributed by atoms with Crippen LogP contribution in [0.4, 0.5) is 0 Å². The van der Waals surface area contributed by atoms with Crippen LogP contribution < -0.4 is 4.74 Å². The van der Waals surface area contributed by atoms with E-state index in [1.54, 1.807) is 12.1 Å². The molecule has 0 radical (unpaired) electrons. The van der Waals surface area contributed by atoms with Gasteiger partial charge in [0, 0.05) is 19.7 Å². The summed E-state index contributed by atoms with van der Waals surface area (Å²) >= 11 is 5.60. The molecule has 0 aliphatic heterocycles. The predicted octanol–water partition coefficient (Wildman–Crippen LogP) is 4.94. The van der Waals surface area contributed by atoms with E-state index in [-0.39, 0.29) is 0 Å². The predicted molar refractivity (Wildman–Crippen MR) is 90.0 cm³/mol. The summed E-state index contributed by atoms with van der Waals surface area (Å²) in [5.41, 5.74) is 0.703. The van der Waals surface area contributed by atoms with Crippen molar-refractivity contribution in [2.75, 3.05) is 0 Å². The third kappa shape index (κ3) is 4.35. The number of aliphatic carboxylic acids is 1. The molecule has 0 fully saturated rings. The molecule has 0 spiro atoms. The third-order valence-corrected chi connectivity index (χ3v) is 3.63. The fraction of sp³-hybridized carbons (Fsp3) is 0. The van der Waals surface area contributed by atoms with Gasteiger partial charge in [-0.1, -0.05) is 22.0 Å². The first-order valence-corrected chi connectivity index (χ1v) is 7.56. The fourth-order valence-corrected chi connectivity index (χ4v) is 2.22.